The SMILES string of the molecule is Cn1ccnc1CC#CCN1CCNCC1. The predicted octanol–water partition coefficient (Wildman–Crippen LogP) is -0.129. The van der Waals surface area contributed by atoms with Crippen LogP contribution in [0.4, 0.5) is 0 Å². The van der Waals surface area contributed by atoms with Gasteiger partial charge in [0.05, 0.1) is 13.0 Å². The van der Waals surface area contributed by atoms with Gasteiger partial charge in [0.15, 0.2) is 0 Å². The van der Waals surface area contributed by atoms with E-state index in [0.29, 0.717) is 0 Å². The Morgan fingerprint density at radius 2 is 2.19 bits per heavy atom. The molecule has 0 saturated carbocycles. The lowest BCUT2D eigenvalue weighted by Crippen LogP contribution is -2.43. The third-order valence-corrected chi connectivity index (χ3v) is 2.80. The number of hydrogen-bond acceptors (Lipinski definition) is 3. The van der Waals surface area contributed by atoms with Gasteiger partial charge in [-0.3, -0.25) is 4.90 Å². The molecule has 4 nitrogen and oxygen atoms in total. The minimum absolute atomic E-state index is 0.746. The van der Waals surface area contributed by atoms with Crippen LogP contribution in [0.25, 0.3) is 0 Å². The maximum absolute atomic E-state index is 4.24. The van der Waals surface area contributed by atoms with Crippen molar-refractivity contribution in [3.63, 3.8) is 0 Å². The van der Waals surface area contributed by atoms with E-state index in [1.54, 1.807) is 0 Å². The number of imidazole rings is 1. The molecule has 0 atom stereocenters. The van der Waals surface area contributed by atoms with E-state index in [9.17, 15) is 0 Å². The Labute approximate surface area is 96.7 Å². The van der Waals surface area contributed by atoms with Gasteiger partial charge in [0.1, 0.15) is 5.82 Å². The van der Waals surface area contributed by atoms with Gasteiger partial charge in [0.2, 0.25) is 0 Å². The van der Waals surface area contributed by atoms with Gasteiger partial charge in [0.25, 0.3) is 0 Å². The van der Waals surface area contributed by atoms with Crippen LogP contribution in [0, 0.1) is 11.8 Å². The molecule has 2 heterocycles. The normalized spacial score (nSPS) is 16.8. The molecule has 1 saturated heterocycles. The average molecular weight is 218 g/mol. The third-order valence-electron chi connectivity index (χ3n) is 2.80. The van der Waals surface area contributed by atoms with Gasteiger partial charge >= 0.3 is 0 Å². The predicted molar refractivity (Wildman–Crippen MR) is 64.0 cm³/mol. The first-order valence-electron chi connectivity index (χ1n) is 5.71. The smallest absolute Gasteiger partial charge is 0.120 e. The average Bonchev–Trinajstić information content (AvgIpc) is 2.72. The second kappa shape index (κ2) is 5.69. The Hall–Kier alpha value is -1.31. The summed E-state index contributed by atoms with van der Waals surface area (Å²) in [4.78, 5) is 6.61. The number of aryl methyl sites for hydroxylation is 1. The molecule has 0 aliphatic carbocycles. The molecule has 0 bridgehead atoms. The summed E-state index contributed by atoms with van der Waals surface area (Å²) in [6.07, 6.45) is 4.51. The Balaban J connectivity index is 1.75. The number of rotatable bonds is 2. The first-order chi connectivity index (χ1) is 7.86. The molecule has 1 aliphatic rings. The lowest BCUT2D eigenvalue weighted by Gasteiger charge is -2.24. The fourth-order valence-electron chi connectivity index (χ4n) is 1.75. The standard InChI is InChI=1S/C12H18N4/c1-15-9-7-14-12(15)4-2-3-8-16-10-5-13-6-11-16/h7,9,13H,4-6,8,10-11H2,1H3. The number of hydrogen-bond donors (Lipinski definition) is 1. The van der Waals surface area contributed by atoms with E-state index < -0.39 is 0 Å². The maximum Gasteiger partial charge on any atom is 0.120 e. The second-order valence-electron chi connectivity index (χ2n) is 4.01. The van der Waals surface area contributed by atoms with Crippen molar-refractivity contribution in [2.45, 2.75) is 6.42 Å². The van der Waals surface area contributed by atoms with Crippen molar-refractivity contribution in [1.29, 1.82) is 0 Å². The van der Waals surface area contributed by atoms with E-state index in [4.69, 9.17) is 0 Å². The molecule has 1 aromatic rings. The first kappa shape index (κ1) is 11.2. The zero-order valence-electron chi connectivity index (χ0n) is 9.74. The molecule has 4 heteroatoms. The van der Waals surface area contributed by atoms with Gasteiger partial charge in [-0.15, -0.1) is 0 Å². The van der Waals surface area contributed by atoms with Gasteiger partial charge in [-0.2, -0.15) is 0 Å². The largest absolute Gasteiger partial charge is 0.337 e. The van der Waals surface area contributed by atoms with Crippen LogP contribution in [0.15, 0.2) is 12.4 Å². The van der Waals surface area contributed by atoms with E-state index in [2.05, 4.69) is 27.0 Å². The fourth-order valence-corrected chi connectivity index (χ4v) is 1.75. The highest BCUT2D eigenvalue weighted by Crippen LogP contribution is 1.94. The Morgan fingerprint density at radius 3 is 2.88 bits per heavy atom. The highest BCUT2D eigenvalue weighted by Gasteiger charge is 2.06. The zero-order chi connectivity index (χ0) is 11.2. The lowest BCUT2D eigenvalue weighted by atomic mass is 10.3. The topological polar surface area (TPSA) is 33.1 Å². The molecule has 1 N–H and O–H groups in total. The van der Waals surface area contributed by atoms with E-state index in [-0.39, 0.29) is 0 Å². The van der Waals surface area contributed by atoms with Crippen LogP contribution in [0.1, 0.15) is 5.82 Å². The summed E-state index contributed by atoms with van der Waals surface area (Å²) in [6.45, 7) is 5.27. The summed E-state index contributed by atoms with van der Waals surface area (Å²) >= 11 is 0. The monoisotopic (exact) mass is 218 g/mol. The van der Waals surface area contributed by atoms with Crippen LogP contribution in [-0.4, -0.2) is 47.2 Å². The minimum Gasteiger partial charge on any atom is -0.337 e. The van der Waals surface area contributed by atoms with E-state index >= 15 is 0 Å². The van der Waals surface area contributed by atoms with Gasteiger partial charge in [-0.1, -0.05) is 11.8 Å². The Kier molecular flexibility index (Phi) is 3.97. The molecule has 0 unspecified atom stereocenters. The lowest BCUT2D eigenvalue weighted by molar-refractivity contribution is 0.268. The molecule has 0 aromatic carbocycles. The molecule has 0 radical (unpaired) electrons. The molecule has 0 amide bonds. The molecule has 2 rings (SSSR count). The van der Waals surface area contributed by atoms with Gasteiger partial charge in [-0.25, -0.2) is 4.98 Å². The second-order valence-corrected chi connectivity index (χ2v) is 4.01. The van der Waals surface area contributed by atoms with Crippen molar-refractivity contribution in [2.24, 2.45) is 7.05 Å². The minimum atomic E-state index is 0.746. The van der Waals surface area contributed by atoms with Crippen molar-refractivity contribution in [3.8, 4) is 11.8 Å². The third kappa shape index (κ3) is 3.09. The van der Waals surface area contributed by atoms with Crippen molar-refractivity contribution < 1.29 is 0 Å². The Bertz CT molecular complexity index is 379. The highest BCUT2D eigenvalue weighted by atomic mass is 15.2. The summed E-state index contributed by atoms with van der Waals surface area (Å²) in [5.41, 5.74) is 0. The van der Waals surface area contributed by atoms with Crippen LogP contribution in [0.5, 0.6) is 0 Å². The number of nitrogens with zero attached hydrogens (tertiary/aromatic N) is 3. The molecule has 16 heavy (non-hydrogen) atoms. The van der Waals surface area contributed by atoms with Crippen LogP contribution < -0.4 is 5.32 Å². The van der Waals surface area contributed by atoms with Gasteiger partial charge < -0.3 is 9.88 Å². The van der Waals surface area contributed by atoms with Crippen LogP contribution in [0.3, 0.4) is 0 Å². The van der Waals surface area contributed by atoms with E-state index in [1.165, 1.54) is 0 Å². The summed E-state index contributed by atoms with van der Waals surface area (Å²) in [5, 5.41) is 3.33. The Morgan fingerprint density at radius 1 is 1.38 bits per heavy atom. The molecule has 1 aromatic heterocycles. The van der Waals surface area contributed by atoms with Crippen molar-refractivity contribution in [2.75, 3.05) is 32.7 Å². The first-order valence-corrected chi connectivity index (χ1v) is 5.71. The van der Waals surface area contributed by atoms with Crippen LogP contribution >= 0.6 is 0 Å². The number of piperazine rings is 1. The molecule has 1 fully saturated rings. The van der Waals surface area contributed by atoms with Crippen molar-refractivity contribution in [1.82, 2.24) is 19.8 Å². The van der Waals surface area contributed by atoms with Gasteiger partial charge in [0, 0.05) is 45.6 Å². The highest BCUT2D eigenvalue weighted by molar-refractivity contribution is 5.09. The summed E-state index contributed by atoms with van der Waals surface area (Å²) in [6, 6.07) is 0. The van der Waals surface area contributed by atoms with Crippen molar-refractivity contribution >= 4 is 0 Å². The van der Waals surface area contributed by atoms with E-state index in [0.717, 1.165) is 45.0 Å². The van der Waals surface area contributed by atoms with Crippen LogP contribution in [-0.2, 0) is 13.5 Å². The van der Waals surface area contributed by atoms with Crippen molar-refractivity contribution in [3.05, 3.63) is 18.2 Å². The summed E-state index contributed by atoms with van der Waals surface area (Å²) in [5.74, 6) is 7.43. The molecule has 0 spiro atoms. The number of nitrogens with one attached hydrogen (secondary N) is 1. The summed E-state index contributed by atoms with van der Waals surface area (Å²) in [7, 11) is 2.00. The van der Waals surface area contributed by atoms with E-state index in [1.807, 2.05) is 24.0 Å². The fraction of sp³-hybridized carbons (Fsp3) is 0.583. The maximum atomic E-state index is 4.24. The van der Waals surface area contributed by atoms with Crippen LogP contribution in [0.2, 0.25) is 0 Å². The quantitative estimate of drug-likeness (QED) is 0.702. The van der Waals surface area contributed by atoms with Gasteiger partial charge in [-0.05, 0) is 0 Å². The zero-order valence-corrected chi connectivity index (χ0v) is 9.74. The molecular weight excluding hydrogens is 200 g/mol. The summed E-state index contributed by atoms with van der Waals surface area (Å²) < 4.78 is 2.01. The molecular formula is C12H18N4. The molecule has 1 aliphatic heterocycles. The molecule has 86 valence electrons. The number of aromatic nitrogens is 2.